The molecule has 0 saturated carbocycles. The van der Waals surface area contributed by atoms with Crippen molar-refractivity contribution in [2.75, 3.05) is 11.1 Å². The molecule has 0 unspecified atom stereocenters. The minimum atomic E-state index is -0.595. The quantitative estimate of drug-likeness (QED) is 0.698. The maximum absolute atomic E-state index is 12.2. The molecule has 0 saturated heterocycles. The van der Waals surface area contributed by atoms with Gasteiger partial charge in [-0.1, -0.05) is 30.0 Å². The van der Waals surface area contributed by atoms with E-state index >= 15 is 0 Å². The van der Waals surface area contributed by atoms with Crippen LogP contribution in [0.25, 0.3) is 0 Å². The number of thioether (sulfide) groups is 1. The van der Waals surface area contributed by atoms with Crippen LogP contribution >= 0.6 is 11.8 Å². The number of nitrogens with one attached hydrogen (secondary N) is 2. The molecule has 1 heterocycles. The van der Waals surface area contributed by atoms with E-state index in [4.69, 9.17) is 9.15 Å². The second-order valence-corrected chi connectivity index (χ2v) is 8.30. The molecule has 0 radical (unpaired) electrons. The zero-order valence-corrected chi connectivity index (χ0v) is 17.8. The van der Waals surface area contributed by atoms with Gasteiger partial charge in [-0.25, -0.2) is 4.79 Å². The molecule has 9 heteroatoms. The fraction of sp³-hybridized carbons (Fsp3) is 0.474. The number of nitrogens with zero attached hydrogens (tertiary/aromatic N) is 2. The number of aryl methyl sites for hydroxylation is 2. The summed E-state index contributed by atoms with van der Waals surface area (Å²) in [5.41, 5.74) is 2.22. The minimum Gasteiger partial charge on any atom is -0.444 e. The van der Waals surface area contributed by atoms with Gasteiger partial charge in [0.2, 0.25) is 11.8 Å². The highest BCUT2D eigenvalue weighted by Crippen LogP contribution is 2.22. The third kappa shape index (κ3) is 6.56. The van der Waals surface area contributed by atoms with Crippen molar-refractivity contribution >= 4 is 29.4 Å². The number of carbonyl (C=O) groups excluding carboxylic acids is 2. The van der Waals surface area contributed by atoms with Gasteiger partial charge in [0.05, 0.1) is 5.75 Å². The average molecular weight is 407 g/mol. The number of hydrogen-bond donors (Lipinski definition) is 2. The van der Waals surface area contributed by atoms with Crippen molar-refractivity contribution < 1.29 is 18.7 Å². The predicted molar refractivity (Wildman–Crippen MR) is 107 cm³/mol. The highest BCUT2D eigenvalue weighted by atomic mass is 32.2. The molecule has 0 aliphatic rings. The molecule has 2 rings (SSSR count). The number of alkyl carbamates (subject to hydrolysis) is 1. The van der Waals surface area contributed by atoms with E-state index in [-0.39, 0.29) is 22.8 Å². The lowest BCUT2D eigenvalue weighted by molar-refractivity contribution is -0.113. The molecular weight excluding hydrogens is 380 g/mol. The number of benzene rings is 1. The molecule has 1 aromatic heterocycles. The second-order valence-electron chi connectivity index (χ2n) is 7.38. The van der Waals surface area contributed by atoms with E-state index in [0.29, 0.717) is 0 Å². The lowest BCUT2D eigenvalue weighted by Crippen LogP contribution is -2.34. The zero-order chi connectivity index (χ0) is 20.9. The molecule has 152 valence electrons. The Labute approximate surface area is 168 Å². The van der Waals surface area contributed by atoms with Gasteiger partial charge >= 0.3 is 6.09 Å². The molecule has 8 nitrogen and oxygen atoms in total. The van der Waals surface area contributed by atoms with Crippen LogP contribution in [0, 0.1) is 13.8 Å². The smallest absolute Gasteiger partial charge is 0.408 e. The first-order valence-corrected chi connectivity index (χ1v) is 9.85. The molecule has 2 aromatic rings. The maximum atomic E-state index is 12.2. The lowest BCUT2D eigenvalue weighted by atomic mass is 10.1. The van der Waals surface area contributed by atoms with Crippen molar-refractivity contribution in [1.29, 1.82) is 0 Å². The van der Waals surface area contributed by atoms with Gasteiger partial charge in [-0.3, -0.25) is 4.79 Å². The van der Waals surface area contributed by atoms with Crippen LogP contribution in [0.5, 0.6) is 0 Å². The molecule has 1 atom stereocenters. The summed E-state index contributed by atoms with van der Waals surface area (Å²) in [6, 6.07) is 5.32. The standard InChI is InChI=1S/C19H26N4O4S/c1-11-8-7-9-12(2)15(11)21-14(24)10-28-18-23-22-16(26-18)13(3)20-17(25)27-19(4,5)6/h7-9,13H,10H2,1-6H3,(H,20,25)(H,21,24)/t13-/m1/s1. The van der Waals surface area contributed by atoms with Gasteiger partial charge in [0.25, 0.3) is 5.22 Å². The maximum Gasteiger partial charge on any atom is 0.408 e. The molecule has 0 bridgehead atoms. The second kappa shape index (κ2) is 9.09. The third-order valence-corrected chi connectivity index (χ3v) is 4.42. The Hall–Kier alpha value is -2.55. The zero-order valence-electron chi connectivity index (χ0n) is 17.0. The summed E-state index contributed by atoms with van der Waals surface area (Å²) >= 11 is 1.13. The molecule has 28 heavy (non-hydrogen) atoms. The van der Waals surface area contributed by atoms with Gasteiger partial charge < -0.3 is 19.8 Å². The Kier molecular flexibility index (Phi) is 7.06. The average Bonchev–Trinajstić information content (AvgIpc) is 3.04. The number of amides is 2. The van der Waals surface area contributed by atoms with Gasteiger partial charge in [0.15, 0.2) is 0 Å². The first-order chi connectivity index (χ1) is 13.0. The Morgan fingerprint density at radius 1 is 1.21 bits per heavy atom. The molecule has 0 fully saturated rings. The van der Waals surface area contributed by atoms with E-state index in [9.17, 15) is 9.59 Å². The Bertz CT molecular complexity index is 824. The summed E-state index contributed by atoms with van der Waals surface area (Å²) in [6.07, 6.45) is -0.569. The van der Waals surface area contributed by atoms with Crippen molar-refractivity contribution in [3.63, 3.8) is 0 Å². The minimum absolute atomic E-state index is 0.128. The van der Waals surface area contributed by atoms with E-state index in [1.807, 2.05) is 32.0 Å². The number of ether oxygens (including phenoxy) is 1. The van der Waals surface area contributed by atoms with Crippen LogP contribution in [0.1, 0.15) is 50.8 Å². The molecule has 0 spiro atoms. The number of carbonyl (C=O) groups is 2. The Morgan fingerprint density at radius 3 is 2.46 bits per heavy atom. The van der Waals surface area contributed by atoms with Crippen molar-refractivity contribution in [2.24, 2.45) is 0 Å². The highest BCUT2D eigenvalue weighted by molar-refractivity contribution is 7.99. The van der Waals surface area contributed by atoms with E-state index < -0.39 is 17.7 Å². The number of hydrogen-bond acceptors (Lipinski definition) is 7. The topological polar surface area (TPSA) is 106 Å². The van der Waals surface area contributed by atoms with E-state index in [0.717, 1.165) is 28.6 Å². The van der Waals surface area contributed by atoms with Crippen LogP contribution < -0.4 is 10.6 Å². The predicted octanol–water partition coefficient (Wildman–Crippen LogP) is 4.00. The van der Waals surface area contributed by atoms with Crippen LogP contribution in [-0.4, -0.2) is 33.6 Å². The van der Waals surface area contributed by atoms with Crippen LogP contribution in [0.4, 0.5) is 10.5 Å². The van der Waals surface area contributed by atoms with Crippen LogP contribution in [0.15, 0.2) is 27.8 Å². The molecule has 0 aliphatic heterocycles. The number of aromatic nitrogens is 2. The van der Waals surface area contributed by atoms with Crippen LogP contribution in [-0.2, 0) is 9.53 Å². The van der Waals surface area contributed by atoms with Crippen molar-refractivity contribution in [3.8, 4) is 0 Å². The summed E-state index contributed by atoms with van der Waals surface area (Å²) in [4.78, 5) is 24.0. The van der Waals surface area contributed by atoms with Crippen molar-refractivity contribution in [3.05, 3.63) is 35.2 Å². The third-order valence-electron chi connectivity index (χ3n) is 3.60. The number of anilines is 1. The van der Waals surface area contributed by atoms with E-state index in [1.165, 1.54) is 0 Å². The summed E-state index contributed by atoms with van der Waals surface area (Å²) in [5.74, 6) is 0.203. The fourth-order valence-corrected chi connectivity index (χ4v) is 2.88. The normalized spacial score (nSPS) is 12.4. The lowest BCUT2D eigenvalue weighted by Gasteiger charge is -2.20. The van der Waals surface area contributed by atoms with Crippen molar-refractivity contribution in [1.82, 2.24) is 15.5 Å². The monoisotopic (exact) mass is 406 g/mol. The van der Waals surface area contributed by atoms with Crippen LogP contribution in [0.2, 0.25) is 0 Å². The summed E-state index contributed by atoms with van der Waals surface area (Å²) in [7, 11) is 0. The largest absolute Gasteiger partial charge is 0.444 e. The highest BCUT2D eigenvalue weighted by Gasteiger charge is 2.21. The van der Waals surface area contributed by atoms with E-state index in [2.05, 4.69) is 20.8 Å². The van der Waals surface area contributed by atoms with Gasteiger partial charge in [-0.15, -0.1) is 10.2 Å². The first kappa shape index (κ1) is 21.7. The fourth-order valence-electron chi connectivity index (χ4n) is 2.31. The van der Waals surface area contributed by atoms with Gasteiger partial charge in [0.1, 0.15) is 11.6 Å². The molecule has 2 N–H and O–H groups in total. The Morgan fingerprint density at radius 2 is 1.86 bits per heavy atom. The molecular formula is C19H26N4O4S. The van der Waals surface area contributed by atoms with E-state index in [1.54, 1.807) is 27.7 Å². The summed E-state index contributed by atoms with van der Waals surface area (Å²) in [5, 5.41) is 13.6. The molecule has 2 amide bonds. The number of rotatable bonds is 6. The van der Waals surface area contributed by atoms with Gasteiger partial charge in [-0.05, 0) is 52.7 Å². The van der Waals surface area contributed by atoms with Gasteiger partial charge in [-0.2, -0.15) is 0 Å². The van der Waals surface area contributed by atoms with Crippen molar-refractivity contribution in [2.45, 2.75) is 58.4 Å². The number of para-hydroxylation sites is 1. The van der Waals surface area contributed by atoms with Gasteiger partial charge in [0, 0.05) is 5.69 Å². The molecule has 1 aromatic carbocycles. The summed E-state index contributed by atoms with van der Waals surface area (Å²) in [6.45, 7) is 10.9. The van der Waals surface area contributed by atoms with Crippen LogP contribution in [0.3, 0.4) is 0 Å². The Balaban J connectivity index is 1.87. The SMILES string of the molecule is Cc1cccc(C)c1NC(=O)CSc1nnc([C@@H](C)NC(=O)OC(C)(C)C)o1. The molecule has 0 aliphatic carbocycles. The summed E-state index contributed by atoms with van der Waals surface area (Å²) < 4.78 is 10.7. The first-order valence-electron chi connectivity index (χ1n) is 8.87.